The molecule has 0 atom stereocenters. The van der Waals surface area contributed by atoms with Crippen molar-refractivity contribution in [1.29, 1.82) is 0 Å². The molecule has 1 heteroatoms. The van der Waals surface area contributed by atoms with Crippen molar-refractivity contribution in [3.05, 3.63) is 0 Å². The van der Waals surface area contributed by atoms with E-state index in [2.05, 4.69) is 33.0 Å². The largest absolute Gasteiger partial charge is 0.315 e. The van der Waals surface area contributed by atoms with Gasteiger partial charge in [-0.05, 0) is 17.3 Å². The smallest absolute Gasteiger partial charge is 0.00252 e. The van der Waals surface area contributed by atoms with Crippen LogP contribution in [0.25, 0.3) is 0 Å². The van der Waals surface area contributed by atoms with Gasteiger partial charge in [-0.25, -0.2) is 0 Å². The average molecular weight is 141 g/mol. The van der Waals surface area contributed by atoms with Crippen molar-refractivity contribution >= 4 is 0 Å². The molecule has 1 rings (SSSR count). The van der Waals surface area contributed by atoms with Crippen LogP contribution in [0.3, 0.4) is 0 Å². The van der Waals surface area contributed by atoms with Gasteiger partial charge >= 0.3 is 0 Å². The molecule has 10 heavy (non-hydrogen) atoms. The Morgan fingerprint density at radius 1 is 1.30 bits per heavy atom. The van der Waals surface area contributed by atoms with Gasteiger partial charge in [-0.1, -0.05) is 27.7 Å². The molecule has 0 spiro atoms. The van der Waals surface area contributed by atoms with Gasteiger partial charge in [0, 0.05) is 13.1 Å². The summed E-state index contributed by atoms with van der Waals surface area (Å²) in [5, 5.41) is 3.36. The van der Waals surface area contributed by atoms with Gasteiger partial charge in [-0.3, -0.25) is 0 Å². The standard InChI is InChI=1S/C9H19N/c1-5-9(6-10-7-9)8(2,3)4/h10H,5-7H2,1-4H3. The minimum absolute atomic E-state index is 0.479. The Kier molecular flexibility index (Phi) is 1.80. The zero-order valence-corrected chi connectivity index (χ0v) is 7.62. The highest BCUT2D eigenvalue weighted by Gasteiger charge is 2.44. The lowest BCUT2D eigenvalue weighted by atomic mass is 9.61. The first-order valence-electron chi connectivity index (χ1n) is 4.22. The third kappa shape index (κ3) is 0.968. The maximum Gasteiger partial charge on any atom is 0.00252 e. The SMILES string of the molecule is CCC1(C(C)(C)C)CNC1. The van der Waals surface area contributed by atoms with Crippen molar-refractivity contribution in [3.63, 3.8) is 0 Å². The molecular weight excluding hydrogens is 122 g/mol. The predicted octanol–water partition coefficient (Wildman–Crippen LogP) is 2.03. The molecule has 1 fully saturated rings. The summed E-state index contributed by atoms with van der Waals surface area (Å²) in [4.78, 5) is 0. The Morgan fingerprint density at radius 3 is 1.80 bits per heavy atom. The summed E-state index contributed by atoms with van der Waals surface area (Å²) >= 11 is 0. The third-order valence-electron chi connectivity index (χ3n) is 3.19. The second-order valence-electron chi connectivity index (χ2n) is 4.49. The molecule has 1 aliphatic heterocycles. The summed E-state index contributed by atoms with van der Waals surface area (Å²) in [6, 6.07) is 0. The highest BCUT2D eigenvalue weighted by Crippen LogP contribution is 2.44. The van der Waals surface area contributed by atoms with Gasteiger partial charge in [-0.15, -0.1) is 0 Å². The highest BCUT2D eigenvalue weighted by molar-refractivity contribution is 4.99. The Morgan fingerprint density at radius 2 is 1.80 bits per heavy atom. The van der Waals surface area contributed by atoms with Crippen LogP contribution in [0.15, 0.2) is 0 Å². The summed E-state index contributed by atoms with van der Waals surface area (Å²) < 4.78 is 0. The first-order valence-corrected chi connectivity index (χ1v) is 4.22. The van der Waals surface area contributed by atoms with E-state index in [1.807, 2.05) is 0 Å². The topological polar surface area (TPSA) is 12.0 Å². The van der Waals surface area contributed by atoms with Crippen molar-refractivity contribution < 1.29 is 0 Å². The molecule has 0 amide bonds. The fourth-order valence-electron chi connectivity index (χ4n) is 1.74. The second kappa shape index (κ2) is 2.23. The van der Waals surface area contributed by atoms with Gasteiger partial charge in [0.25, 0.3) is 0 Å². The van der Waals surface area contributed by atoms with Crippen LogP contribution < -0.4 is 5.32 Å². The van der Waals surface area contributed by atoms with Crippen molar-refractivity contribution in [2.75, 3.05) is 13.1 Å². The molecule has 1 nitrogen and oxygen atoms in total. The van der Waals surface area contributed by atoms with Crippen molar-refractivity contribution in [2.45, 2.75) is 34.1 Å². The van der Waals surface area contributed by atoms with Gasteiger partial charge < -0.3 is 5.32 Å². The molecular formula is C9H19N. The van der Waals surface area contributed by atoms with E-state index < -0.39 is 0 Å². The Bertz CT molecular complexity index is 112. The van der Waals surface area contributed by atoms with E-state index in [4.69, 9.17) is 0 Å². The molecule has 0 aliphatic carbocycles. The van der Waals surface area contributed by atoms with Crippen LogP contribution in [0.2, 0.25) is 0 Å². The van der Waals surface area contributed by atoms with Crippen LogP contribution in [0.4, 0.5) is 0 Å². The lowest BCUT2D eigenvalue weighted by molar-refractivity contribution is 0.0195. The normalized spacial score (nSPS) is 24.0. The monoisotopic (exact) mass is 141 g/mol. The van der Waals surface area contributed by atoms with E-state index in [1.54, 1.807) is 0 Å². The molecule has 60 valence electrons. The van der Waals surface area contributed by atoms with Crippen LogP contribution in [0.5, 0.6) is 0 Å². The van der Waals surface area contributed by atoms with Gasteiger partial charge in [0.05, 0.1) is 0 Å². The van der Waals surface area contributed by atoms with E-state index >= 15 is 0 Å². The summed E-state index contributed by atoms with van der Waals surface area (Å²) in [7, 11) is 0. The zero-order valence-electron chi connectivity index (χ0n) is 7.62. The molecule has 1 N–H and O–H groups in total. The van der Waals surface area contributed by atoms with Crippen molar-refractivity contribution in [3.8, 4) is 0 Å². The Hall–Kier alpha value is -0.0400. The van der Waals surface area contributed by atoms with Crippen molar-refractivity contribution in [1.82, 2.24) is 5.32 Å². The van der Waals surface area contributed by atoms with Gasteiger partial charge in [0.2, 0.25) is 0 Å². The van der Waals surface area contributed by atoms with E-state index in [9.17, 15) is 0 Å². The maximum atomic E-state index is 3.36. The summed E-state index contributed by atoms with van der Waals surface area (Å²) in [6.45, 7) is 11.8. The zero-order chi connectivity index (χ0) is 7.83. The van der Waals surface area contributed by atoms with Crippen LogP contribution in [0.1, 0.15) is 34.1 Å². The lowest BCUT2D eigenvalue weighted by Crippen LogP contribution is -2.59. The number of nitrogens with one attached hydrogen (secondary N) is 1. The fourth-order valence-corrected chi connectivity index (χ4v) is 1.74. The Labute approximate surface area is 64.2 Å². The molecule has 0 saturated carbocycles. The average Bonchev–Trinajstić information content (AvgIpc) is 1.58. The Balaban J connectivity index is 2.65. The highest BCUT2D eigenvalue weighted by atomic mass is 15.0. The molecule has 0 aromatic rings. The molecule has 1 aliphatic rings. The number of hydrogen-bond donors (Lipinski definition) is 1. The maximum absolute atomic E-state index is 3.36. The molecule has 0 radical (unpaired) electrons. The second-order valence-corrected chi connectivity index (χ2v) is 4.49. The lowest BCUT2D eigenvalue weighted by Gasteiger charge is -2.52. The van der Waals surface area contributed by atoms with E-state index in [1.165, 1.54) is 19.5 Å². The minimum Gasteiger partial charge on any atom is -0.315 e. The predicted molar refractivity (Wildman–Crippen MR) is 45.0 cm³/mol. The van der Waals surface area contributed by atoms with Gasteiger partial charge in [0.1, 0.15) is 0 Å². The molecule has 0 bridgehead atoms. The van der Waals surface area contributed by atoms with E-state index in [-0.39, 0.29) is 0 Å². The third-order valence-corrected chi connectivity index (χ3v) is 3.19. The molecule has 1 heterocycles. The molecule has 0 aromatic heterocycles. The van der Waals surface area contributed by atoms with Crippen LogP contribution in [-0.4, -0.2) is 13.1 Å². The summed E-state index contributed by atoms with van der Waals surface area (Å²) in [6.07, 6.45) is 1.31. The summed E-state index contributed by atoms with van der Waals surface area (Å²) in [5.74, 6) is 0. The molecule has 1 saturated heterocycles. The summed E-state index contributed by atoms with van der Waals surface area (Å²) in [5.41, 5.74) is 1.07. The first-order chi connectivity index (χ1) is 4.52. The fraction of sp³-hybridized carbons (Fsp3) is 1.00. The van der Waals surface area contributed by atoms with Crippen LogP contribution in [-0.2, 0) is 0 Å². The van der Waals surface area contributed by atoms with Gasteiger partial charge in [-0.2, -0.15) is 0 Å². The quantitative estimate of drug-likeness (QED) is 0.589. The van der Waals surface area contributed by atoms with E-state index in [0.29, 0.717) is 10.8 Å². The van der Waals surface area contributed by atoms with Crippen molar-refractivity contribution in [2.24, 2.45) is 10.8 Å². The number of hydrogen-bond acceptors (Lipinski definition) is 1. The van der Waals surface area contributed by atoms with Crippen LogP contribution in [0, 0.1) is 10.8 Å². The van der Waals surface area contributed by atoms with Crippen LogP contribution >= 0.6 is 0 Å². The minimum atomic E-state index is 0.479. The first kappa shape index (κ1) is 8.06. The molecule has 0 aromatic carbocycles. The molecule has 0 unspecified atom stereocenters. The van der Waals surface area contributed by atoms with Gasteiger partial charge in [0.15, 0.2) is 0 Å². The number of rotatable bonds is 1. The van der Waals surface area contributed by atoms with E-state index in [0.717, 1.165) is 0 Å².